The lowest BCUT2D eigenvalue weighted by Gasteiger charge is -2.54. The number of piperazine rings is 1. The minimum absolute atomic E-state index is 0.0215. The Morgan fingerprint density at radius 1 is 1.38 bits per heavy atom. The van der Waals surface area contributed by atoms with Gasteiger partial charge in [0.25, 0.3) is 0 Å². The van der Waals surface area contributed by atoms with Crippen molar-refractivity contribution in [2.75, 3.05) is 0 Å². The summed E-state index contributed by atoms with van der Waals surface area (Å²) in [5.74, 6) is 0.0560. The Balaban J connectivity index is 2.29. The molecule has 2 unspecified atom stereocenters. The molecule has 1 aliphatic heterocycles. The molecule has 0 aromatic heterocycles. The van der Waals surface area contributed by atoms with Gasteiger partial charge >= 0.3 is 0 Å². The lowest BCUT2D eigenvalue weighted by atomic mass is 9.72. The molecule has 16 heavy (non-hydrogen) atoms. The third-order valence-corrected chi connectivity index (χ3v) is 4.19. The van der Waals surface area contributed by atoms with E-state index < -0.39 is 0 Å². The molecule has 4 nitrogen and oxygen atoms in total. The number of hydrogen-bond acceptors (Lipinski definition) is 2. The van der Waals surface area contributed by atoms with E-state index in [0.29, 0.717) is 0 Å². The van der Waals surface area contributed by atoms with Crippen molar-refractivity contribution in [1.29, 1.82) is 0 Å². The van der Waals surface area contributed by atoms with Crippen molar-refractivity contribution in [3.05, 3.63) is 0 Å². The van der Waals surface area contributed by atoms with Gasteiger partial charge in [-0.15, -0.1) is 0 Å². The topological polar surface area (TPSA) is 49.4 Å². The maximum atomic E-state index is 12.2. The van der Waals surface area contributed by atoms with Crippen LogP contribution in [0.5, 0.6) is 0 Å². The Labute approximate surface area is 96.4 Å². The van der Waals surface area contributed by atoms with Gasteiger partial charge in [0.1, 0.15) is 12.1 Å². The quantitative estimate of drug-likeness (QED) is 0.762. The minimum Gasteiger partial charge on any atom is -0.343 e. The van der Waals surface area contributed by atoms with E-state index in [4.69, 9.17) is 0 Å². The van der Waals surface area contributed by atoms with E-state index in [-0.39, 0.29) is 29.4 Å². The highest BCUT2D eigenvalue weighted by Gasteiger charge is 2.50. The molecule has 1 N–H and O–H groups in total. The van der Waals surface area contributed by atoms with Crippen LogP contribution in [0.2, 0.25) is 0 Å². The van der Waals surface area contributed by atoms with Crippen LogP contribution in [-0.2, 0) is 9.59 Å². The zero-order valence-electron chi connectivity index (χ0n) is 10.2. The van der Waals surface area contributed by atoms with E-state index in [9.17, 15) is 9.59 Å². The average Bonchev–Trinajstić information content (AvgIpc) is 2.19. The molecular formula is C12H20N2O2. The summed E-state index contributed by atoms with van der Waals surface area (Å²) in [6.45, 7) is 5.70. The first-order chi connectivity index (χ1) is 7.52. The van der Waals surface area contributed by atoms with E-state index in [1.807, 2.05) is 11.8 Å². The number of rotatable bonds is 2. The molecule has 2 amide bonds. The molecule has 0 aromatic carbocycles. The molecule has 1 saturated heterocycles. The van der Waals surface area contributed by atoms with Crippen molar-refractivity contribution in [3.63, 3.8) is 0 Å². The Kier molecular flexibility index (Phi) is 2.68. The normalized spacial score (nSPS) is 33.3. The second-order valence-electron chi connectivity index (χ2n) is 5.05. The molecule has 2 aliphatic rings. The van der Waals surface area contributed by atoms with Crippen LogP contribution in [0.1, 0.15) is 46.5 Å². The SMILES string of the molecule is CCC1(N2C(=O)C(C)NC(=O)C2C)CCC1. The fourth-order valence-corrected chi connectivity index (χ4v) is 2.91. The third-order valence-electron chi connectivity index (χ3n) is 4.19. The lowest BCUT2D eigenvalue weighted by molar-refractivity contribution is -0.160. The number of carbonyl (C=O) groups is 2. The molecule has 2 atom stereocenters. The number of nitrogens with zero attached hydrogens (tertiary/aromatic N) is 1. The van der Waals surface area contributed by atoms with Crippen LogP contribution < -0.4 is 5.32 Å². The number of nitrogens with one attached hydrogen (secondary N) is 1. The first kappa shape index (κ1) is 11.4. The highest BCUT2D eigenvalue weighted by atomic mass is 16.2. The summed E-state index contributed by atoms with van der Waals surface area (Å²) in [5.41, 5.74) is -0.0392. The van der Waals surface area contributed by atoms with Gasteiger partial charge in [0.15, 0.2) is 0 Å². The molecule has 1 saturated carbocycles. The fraction of sp³-hybridized carbons (Fsp3) is 0.833. The predicted octanol–water partition coefficient (Wildman–Crippen LogP) is 1.05. The molecule has 2 fully saturated rings. The summed E-state index contributed by atoms with van der Waals surface area (Å²) in [4.78, 5) is 25.8. The van der Waals surface area contributed by atoms with Crippen molar-refractivity contribution in [2.24, 2.45) is 0 Å². The van der Waals surface area contributed by atoms with Crippen molar-refractivity contribution >= 4 is 11.8 Å². The van der Waals surface area contributed by atoms with Crippen LogP contribution in [0, 0.1) is 0 Å². The summed E-state index contributed by atoms with van der Waals surface area (Å²) in [6, 6.07) is -0.684. The highest BCUT2D eigenvalue weighted by molar-refractivity contribution is 5.97. The first-order valence-electron chi connectivity index (χ1n) is 6.15. The fourth-order valence-electron chi connectivity index (χ4n) is 2.91. The number of carbonyl (C=O) groups excluding carboxylic acids is 2. The Morgan fingerprint density at radius 3 is 2.44 bits per heavy atom. The molecule has 1 heterocycles. The van der Waals surface area contributed by atoms with Crippen molar-refractivity contribution < 1.29 is 9.59 Å². The molecular weight excluding hydrogens is 204 g/mol. The van der Waals surface area contributed by atoms with Crippen molar-refractivity contribution in [3.8, 4) is 0 Å². The number of amides is 2. The van der Waals surface area contributed by atoms with Gasteiger partial charge in [0, 0.05) is 5.54 Å². The Bertz CT molecular complexity index is 317. The molecule has 0 spiro atoms. The minimum atomic E-state index is -0.368. The summed E-state index contributed by atoms with van der Waals surface area (Å²) < 4.78 is 0. The largest absolute Gasteiger partial charge is 0.343 e. The van der Waals surface area contributed by atoms with E-state index >= 15 is 0 Å². The molecule has 0 aromatic rings. The van der Waals surface area contributed by atoms with Crippen molar-refractivity contribution in [1.82, 2.24) is 10.2 Å². The average molecular weight is 224 g/mol. The molecule has 1 aliphatic carbocycles. The second-order valence-corrected chi connectivity index (χ2v) is 5.05. The summed E-state index contributed by atoms with van der Waals surface area (Å²) in [7, 11) is 0. The molecule has 90 valence electrons. The standard InChI is InChI=1S/C12H20N2O2/c1-4-12(6-5-7-12)14-9(3)10(15)13-8(2)11(14)16/h8-9H,4-7H2,1-3H3,(H,13,15). The Hall–Kier alpha value is -1.06. The van der Waals surface area contributed by atoms with Gasteiger partial charge in [-0.05, 0) is 39.5 Å². The van der Waals surface area contributed by atoms with Gasteiger partial charge in [-0.1, -0.05) is 6.92 Å². The summed E-state index contributed by atoms with van der Waals surface area (Å²) in [6.07, 6.45) is 4.20. The molecule has 2 rings (SSSR count). The highest BCUT2D eigenvalue weighted by Crippen LogP contribution is 2.42. The molecule has 0 bridgehead atoms. The maximum Gasteiger partial charge on any atom is 0.245 e. The summed E-state index contributed by atoms with van der Waals surface area (Å²) >= 11 is 0. The summed E-state index contributed by atoms with van der Waals surface area (Å²) in [5, 5.41) is 2.72. The zero-order chi connectivity index (χ0) is 11.9. The van der Waals surface area contributed by atoms with E-state index in [1.165, 1.54) is 6.42 Å². The first-order valence-corrected chi connectivity index (χ1v) is 6.15. The van der Waals surface area contributed by atoms with Crippen molar-refractivity contribution in [2.45, 2.75) is 64.1 Å². The lowest BCUT2D eigenvalue weighted by Crippen LogP contribution is -2.69. The van der Waals surface area contributed by atoms with Gasteiger partial charge < -0.3 is 10.2 Å². The molecule has 0 radical (unpaired) electrons. The third kappa shape index (κ3) is 1.43. The van der Waals surface area contributed by atoms with Crippen LogP contribution in [-0.4, -0.2) is 34.3 Å². The van der Waals surface area contributed by atoms with Gasteiger partial charge in [0.05, 0.1) is 0 Å². The van der Waals surface area contributed by atoms with Gasteiger partial charge in [-0.2, -0.15) is 0 Å². The molecule has 4 heteroatoms. The van der Waals surface area contributed by atoms with Gasteiger partial charge in [0.2, 0.25) is 11.8 Å². The van der Waals surface area contributed by atoms with Crippen LogP contribution >= 0.6 is 0 Å². The van der Waals surface area contributed by atoms with Gasteiger partial charge in [-0.25, -0.2) is 0 Å². The van der Waals surface area contributed by atoms with E-state index in [0.717, 1.165) is 19.3 Å². The van der Waals surface area contributed by atoms with Crippen LogP contribution in [0.15, 0.2) is 0 Å². The van der Waals surface area contributed by atoms with Crippen LogP contribution in [0.4, 0.5) is 0 Å². The monoisotopic (exact) mass is 224 g/mol. The predicted molar refractivity (Wildman–Crippen MR) is 60.8 cm³/mol. The Morgan fingerprint density at radius 2 is 2.00 bits per heavy atom. The zero-order valence-corrected chi connectivity index (χ0v) is 10.2. The maximum absolute atomic E-state index is 12.2. The van der Waals surface area contributed by atoms with E-state index in [2.05, 4.69) is 12.2 Å². The van der Waals surface area contributed by atoms with Gasteiger partial charge in [-0.3, -0.25) is 9.59 Å². The number of hydrogen-bond donors (Lipinski definition) is 1. The smallest absolute Gasteiger partial charge is 0.245 e. The second kappa shape index (κ2) is 3.75. The van der Waals surface area contributed by atoms with Crippen LogP contribution in [0.25, 0.3) is 0 Å². The van der Waals surface area contributed by atoms with Crippen LogP contribution in [0.3, 0.4) is 0 Å². The van der Waals surface area contributed by atoms with E-state index in [1.54, 1.807) is 6.92 Å².